The van der Waals surface area contributed by atoms with E-state index in [0.717, 1.165) is 0 Å². The van der Waals surface area contributed by atoms with Crippen molar-refractivity contribution in [3.63, 3.8) is 0 Å². The quantitative estimate of drug-likeness (QED) is 0.744. The first-order valence-electron chi connectivity index (χ1n) is 6.26. The molecule has 2 aromatic heterocycles. The minimum atomic E-state index is -1.58. The molecule has 2 heterocycles. The van der Waals surface area contributed by atoms with Gasteiger partial charge in [0.1, 0.15) is 23.3 Å². The van der Waals surface area contributed by atoms with E-state index >= 15 is 0 Å². The van der Waals surface area contributed by atoms with Crippen LogP contribution in [0, 0.1) is 5.82 Å². The van der Waals surface area contributed by atoms with Crippen LogP contribution in [0.1, 0.15) is 6.92 Å². The molecule has 1 aromatic carbocycles. The van der Waals surface area contributed by atoms with Gasteiger partial charge in [0.05, 0.1) is 0 Å². The maximum Gasteiger partial charge on any atom is 0.282 e. The van der Waals surface area contributed by atoms with E-state index in [0.29, 0.717) is 22.5 Å². The molecule has 0 aliphatic rings. The van der Waals surface area contributed by atoms with Crippen LogP contribution in [0.15, 0.2) is 40.5 Å². The highest BCUT2D eigenvalue weighted by atomic mass is 32.2. The summed E-state index contributed by atoms with van der Waals surface area (Å²) in [5.41, 5.74) is 6.40. The number of rotatable bonds is 3. The fraction of sp³-hybridized carbons (Fsp3) is 0.154. The summed E-state index contributed by atoms with van der Waals surface area (Å²) < 4.78 is 27.2. The summed E-state index contributed by atoms with van der Waals surface area (Å²) >= 11 is -1.58. The van der Waals surface area contributed by atoms with E-state index in [-0.39, 0.29) is 16.7 Å². The molecule has 3 rings (SSSR count). The number of nitrogen functional groups attached to an aromatic ring is 1. The van der Waals surface area contributed by atoms with Gasteiger partial charge in [-0.25, -0.2) is 19.0 Å². The van der Waals surface area contributed by atoms with Gasteiger partial charge in [-0.3, -0.25) is 0 Å². The number of aromatic nitrogens is 4. The Hall–Kier alpha value is -2.19. The number of aryl methyl sites for hydroxylation is 1. The molecule has 0 fully saturated rings. The van der Waals surface area contributed by atoms with Crippen LogP contribution in [-0.2, 0) is 17.7 Å². The van der Waals surface area contributed by atoms with Crippen LogP contribution in [-0.4, -0.2) is 24.3 Å². The van der Waals surface area contributed by atoms with Crippen LogP contribution in [0.25, 0.3) is 11.0 Å². The number of nitrogens with zero attached hydrogens (tertiary/aromatic N) is 4. The van der Waals surface area contributed by atoms with Gasteiger partial charge in [-0.15, -0.1) is 5.10 Å². The lowest BCUT2D eigenvalue weighted by molar-refractivity contribution is 0.582. The highest BCUT2D eigenvalue weighted by Gasteiger charge is 2.26. The summed E-state index contributed by atoms with van der Waals surface area (Å²) in [5, 5.41) is 5.07. The van der Waals surface area contributed by atoms with Gasteiger partial charge >= 0.3 is 0 Å². The van der Waals surface area contributed by atoms with Crippen molar-refractivity contribution in [1.29, 1.82) is 0 Å². The molecular weight excluding hydrogens is 293 g/mol. The average molecular weight is 305 g/mol. The Labute approximate surface area is 123 Å². The third kappa shape index (κ3) is 2.32. The summed E-state index contributed by atoms with van der Waals surface area (Å²) in [4.78, 5) is 8.51. The maximum absolute atomic E-state index is 13.0. The second-order valence-electron chi connectivity index (χ2n) is 4.30. The van der Waals surface area contributed by atoms with Gasteiger partial charge < -0.3 is 10.3 Å². The van der Waals surface area contributed by atoms with Crippen molar-refractivity contribution >= 4 is 28.0 Å². The molecule has 108 valence electrons. The number of benzene rings is 1. The van der Waals surface area contributed by atoms with Crippen molar-refractivity contribution in [3.8, 4) is 0 Å². The Kier molecular flexibility index (Phi) is 3.48. The van der Waals surface area contributed by atoms with E-state index in [4.69, 9.17) is 5.73 Å². The van der Waals surface area contributed by atoms with Crippen molar-refractivity contribution in [2.24, 2.45) is 0 Å². The Bertz CT molecular complexity index is 789. The van der Waals surface area contributed by atoms with Crippen LogP contribution in [0.2, 0.25) is 0 Å². The Morgan fingerprint density at radius 1 is 1.29 bits per heavy atom. The first-order chi connectivity index (χ1) is 10.1. The topological polar surface area (TPSA) is 92.7 Å². The highest BCUT2D eigenvalue weighted by molar-refractivity contribution is 7.91. The van der Waals surface area contributed by atoms with E-state index < -0.39 is 11.2 Å². The normalized spacial score (nSPS) is 12.7. The first kappa shape index (κ1) is 13.8. The third-order valence-electron chi connectivity index (χ3n) is 3.03. The summed E-state index contributed by atoms with van der Waals surface area (Å²) in [6.45, 7) is 2.46. The number of halogens is 1. The standard InChI is InChI=1S/C13H12FN5OS/c1-2-19-12-10(11(15)16-7-17-12)13(18-19)21(20)9-5-3-8(14)4-6-9/h3-7H,2H2,1H3,(H2,15,16,17). The molecule has 1 atom stereocenters. The predicted octanol–water partition coefficient (Wildman–Crippen LogP) is 1.73. The molecule has 0 spiro atoms. The summed E-state index contributed by atoms with van der Waals surface area (Å²) in [6.07, 6.45) is 1.34. The maximum atomic E-state index is 13.0. The molecule has 0 saturated carbocycles. The molecule has 0 aliphatic carbocycles. The van der Waals surface area contributed by atoms with Gasteiger partial charge in [0.25, 0.3) is 5.03 Å². The molecule has 0 amide bonds. The molecule has 1 unspecified atom stereocenters. The average Bonchev–Trinajstić information content (AvgIpc) is 2.87. The predicted molar refractivity (Wildman–Crippen MR) is 76.5 cm³/mol. The second kappa shape index (κ2) is 5.30. The monoisotopic (exact) mass is 305 g/mol. The van der Waals surface area contributed by atoms with Crippen LogP contribution in [0.4, 0.5) is 10.2 Å². The fourth-order valence-electron chi connectivity index (χ4n) is 2.02. The van der Waals surface area contributed by atoms with Crippen molar-refractivity contribution in [2.75, 3.05) is 5.73 Å². The molecule has 0 radical (unpaired) electrons. The molecule has 0 saturated heterocycles. The Morgan fingerprint density at radius 2 is 2.00 bits per heavy atom. The molecule has 0 bridgehead atoms. The van der Waals surface area contributed by atoms with Gasteiger partial charge in [-0.1, -0.05) is 0 Å². The van der Waals surface area contributed by atoms with Crippen LogP contribution >= 0.6 is 0 Å². The Balaban J connectivity index is 2.17. The lowest BCUT2D eigenvalue weighted by Gasteiger charge is -2.07. The number of hydrogen-bond donors (Lipinski definition) is 1. The number of hydrogen-bond acceptors (Lipinski definition) is 5. The minimum Gasteiger partial charge on any atom is -0.605 e. The van der Waals surface area contributed by atoms with Gasteiger partial charge in [-0.2, -0.15) is 0 Å². The second-order valence-corrected chi connectivity index (χ2v) is 5.70. The highest BCUT2D eigenvalue weighted by Crippen LogP contribution is 2.29. The third-order valence-corrected chi connectivity index (χ3v) is 4.37. The lowest BCUT2D eigenvalue weighted by Crippen LogP contribution is -2.05. The van der Waals surface area contributed by atoms with Gasteiger partial charge in [0.2, 0.25) is 0 Å². The van der Waals surface area contributed by atoms with Crippen molar-refractivity contribution < 1.29 is 8.94 Å². The van der Waals surface area contributed by atoms with E-state index in [2.05, 4.69) is 15.1 Å². The minimum absolute atomic E-state index is 0.227. The van der Waals surface area contributed by atoms with E-state index in [1.165, 1.54) is 30.6 Å². The lowest BCUT2D eigenvalue weighted by atomic mass is 10.3. The van der Waals surface area contributed by atoms with E-state index in [1.54, 1.807) is 4.68 Å². The molecule has 2 N–H and O–H groups in total. The SMILES string of the molecule is CCn1nc([S+]([O-])c2ccc(F)cc2)c2c(N)ncnc21. The zero-order valence-electron chi connectivity index (χ0n) is 11.2. The van der Waals surface area contributed by atoms with Crippen LogP contribution in [0.5, 0.6) is 0 Å². The molecule has 21 heavy (non-hydrogen) atoms. The molecular formula is C13H12FN5OS. The molecule has 8 heteroatoms. The summed E-state index contributed by atoms with van der Waals surface area (Å²) in [5.74, 6) is -0.160. The van der Waals surface area contributed by atoms with Gasteiger partial charge in [-0.05, 0) is 31.2 Å². The van der Waals surface area contributed by atoms with Crippen molar-refractivity contribution in [1.82, 2.24) is 19.7 Å². The van der Waals surface area contributed by atoms with Crippen LogP contribution < -0.4 is 5.73 Å². The molecule has 0 aliphatic heterocycles. The van der Waals surface area contributed by atoms with Crippen molar-refractivity contribution in [2.45, 2.75) is 23.4 Å². The zero-order chi connectivity index (χ0) is 15.0. The zero-order valence-corrected chi connectivity index (χ0v) is 12.0. The fourth-order valence-corrected chi connectivity index (χ4v) is 3.18. The number of anilines is 1. The van der Waals surface area contributed by atoms with Crippen LogP contribution in [0.3, 0.4) is 0 Å². The van der Waals surface area contributed by atoms with Crippen molar-refractivity contribution in [3.05, 3.63) is 36.4 Å². The van der Waals surface area contributed by atoms with E-state index in [9.17, 15) is 8.94 Å². The number of fused-ring (bicyclic) bond motifs is 1. The molecule has 3 aromatic rings. The number of nitrogens with two attached hydrogens (primary N) is 1. The van der Waals surface area contributed by atoms with Gasteiger partial charge in [0, 0.05) is 17.7 Å². The summed E-state index contributed by atoms with van der Waals surface area (Å²) in [7, 11) is 0. The van der Waals surface area contributed by atoms with Gasteiger partial charge in [0.15, 0.2) is 10.5 Å². The summed E-state index contributed by atoms with van der Waals surface area (Å²) in [6, 6.07) is 5.43. The molecule has 6 nitrogen and oxygen atoms in total. The largest absolute Gasteiger partial charge is 0.605 e. The van der Waals surface area contributed by atoms with E-state index in [1.807, 2.05) is 6.92 Å². The Morgan fingerprint density at radius 3 is 2.67 bits per heavy atom. The smallest absolute Gasteiger partial charge is 0.282 e. The first-order valence-corrected chi connectivity index (χ1v) is 7.41.